The van der Waals surface area contributed by atoms with Crippen LogP contribution >= 0.6 is 11.3 Å². The first-order valence-corrected chi connectivity index (χ1v) is 13.0. The molecule has 0 unspecified atom stereocenters. The van der Waals surface area contributed by atoms with E-state index in [0.29, 0.717) is 31.7 Å². The van der Waals surface area contributed by atoms with E-state index in [1.807, 2.05) is 18.2 Å². The van der Waals surface area contributed by atoms with E-state index in [4.69, 9.17) is 0 Å². The number of piperidine rings is 1. The molecule has 2 saturated heterocycles. The third-order valence-electron chi connectivity index (χ3n) is 6.56. The van der Waals surface area contributed by atoms with Gasteiger partial charge < -0.3 is 20.4 Å². The average Bonchev–Trinajstić information content (AvgIpc) is 3.37. The van der Waals surface area contributed by atoms with Crippen molar-refractivity contribution in [3.05, 3.63) is 40.3 Å². The van der Waals surface area contributed by atoms with Gasteiger partial charge in [-0.1, -0.05) is 29.5 Å². The van der Waals surface area contributed by atoms with Gasteiger partial charge in [-0.25, -0.2) is 0 Å². The summed E-state index contributed by atoms with van der Waals surface area (Å²) in [5.41, 5.74) is 0.658. The fourth-order valence-corrected chi connectivity index (χ4v) is 5.05. The molecule has 1 aromatic heterocycles. The monoisotopic (exact) mass is 499 g/mol. The number of piperazine rings is 1. The second-order valence-electron chi connectivity index (χ2n) is 9.17. The molecule has 188 valence electrons. The summed E-state index contributed by atoms with van der Waals surface area (Å²) in [4.78, 5) is 44.0. The minimum atomic E-state index is -0.384. The average molecular weight is 500 g/mol. The van der Waals surface area contributed by atoms with Gasteiger partial charge in [-0.05, 0) is 37.9 Å². The first-order valence-electron chi connectivity index (χ1n) is 12.1. The largest absolute Gasteiger partial charge is 0.355 e. The number of rotatable bonds is 8. The van der Waals surface area contributed by atoms with Crippen LogP contribution in [-0.2, 0) is 4.79 Å². The van der Waals surface area contributed by atoms with Gasteiger partial charge in [-0.3, -0.25) is 19.3 Å². The first kappa shape index (κ1) is 25.2. The van der Waals surface area contributed by atoms with Crippen molar-refractivity contribution in [1.29, 1.82) is 0 Å². The van der Waals surface area contributed by atoms with Crippen LogP contribution in [0.2, 0.25) is 0 Å². The number of hydrogen-bond acceptors (Lipinski definition) is 8. The number of carbonyl (C=O) groups is 3. The van der Waals surface area contributed by atoms with Crippen molar-refractivity contribution in [3.63, 3.8) is 0 Å². The van der Waals surface area contributed by atoms with Crippen LogP contribution in [0.25, 0.3) is 0 Å². The van der Waals surface area contributed by atoms with Crippen LogP contribution < -0.4 is 10.6 Å². The van der Waals surface area contributed by atoms with Crippen LogP contribution in [0, 0.1) is 5.92 Å². The van der Waals surface area contributed by atoms with Crippen LogP contribution in [0.5, 0.6) is 0 Å². The van der Waals surface area contributed by atoms with Crippen molar-refractivity contribution in [2.24, 2.45) is 5.92 Å². The molecule has 2 N–H and O–H groups in total. The summed E-state index contributed by atoms with van der Waals surface area (Å²) in [6.07, 6.45) is 2.04. The Bertz CT molecular complexity index is 1000. The van der Waals surface area contributed by atoms with E-state index in [-0.39, 0.29) is 33.7 Å². The third-order valence-corrected chi connectivity index (χ3v) is 7.47. The molecular weight excluding hydrogens is 466 g/mol. The molecule has 10 nitrogen and oxygen atoms in total. The molecule has 2 aromatic rings. The van der Waals surface area contributed by atoms with Crippen molar-refractivity contribution < 1.29 is 14.4 Å². The SMILES string of the molecule is CN1CCN(CCNC(=O)CC2CCN(C(=O)c3nnc(C(=O)Nc4ccccc4)s3)CC2)CC1. The number of nitrogens with zero attached hydrogens (tertiary/aromatic N) is 5. The van der Waals surface area contributed by atoms with Gasteiger partial charge in [0, 0.05) is 64.5 Å². The van der Waals surface area contributed by atoms with E-state index in [2.05, 4.69) is 37.7 Å². The summed E-state index contributed by atoms with van der Waals surface area (Å²) in [5.74, 6) is -0.243. The molecular formula is C24H33N7O3S. The smallest absolute Gasteiger partial charge is 0.286 e. The number of amides is 3. The number of benzene rings is 1. The zero-order valence-corrected chi connectivity index (χ0v) is 20.9. The second kappa shape index (κ2) is 12.2. The minimum absolute atomic E-state index is 0.0853. The van der Waals surface area contributed by atoms with Crippen LogP contribution in [0.15, 0.2) is 30.3 Å². The van der Waals surface area contributed by atoms with E-state index in [1.165, 1.54) is 0 Å². The quantitative estimate of drug-likeness (QED) is 0.565. The molecule has 1 aromatic carbocycles. The zero-order valence-electron chi connectivity index (χ0n) is 20.1. The Morgan fingerprint density at radius 2 is 1.66 bits per heavy atom. The Morgan fingerprint density at radius 3 is 2.37 bits per heavy atom. The predicted octanol–water partition coefficient (Wildman–Crippen LogP) is 1.40. The number of carbonyl (C=O) groups excluding carboxylic acids is 3. The Labute approximate surface area is 209 Å². The molecule has 0 atom stereocenters. The fourth-order valence-electron chi connectivity index (χ4n) is 4.34. The van der Waals surface area contributed by atoms with Crippen LogP contribution in [-0.4, -0.2) is 102 Å². The van der Waals surface area contributed by atoms with E-state index in [1.54, 1.807) is 17.0 Å². The van der Waals surface area contributed by atoms with Gasteiger partial charge in [0.15, 0.2) is 0 Å². The number of aromatic nitrogens is 2. The van der Waals surface area contributed by atoms with E-state index in [0.717, 1.165) is 56.9 Å². The lowest BCUT2D eigenvalue weighted by molar-refractivity contribution is -0.122. The molecule has 0 radical (unpaired) electrons. The normalized spacial score (nSPS) is 17.8. The highest BCUT2D eigenvalue weighted by molar-refractivity contribution is 7.15. The summed E-state index contributed by atoms with van der Waals surface area (Å²) in [6.45, 7) is 6.96. The van der Waals surface area contributed by atoms with E-state index in [9.17, 15) is 14.4 Å². The lowest BCUT2D eigenvalue weighted by Gasteiger charge is -2.32. The number of anilines is 1. The summed E-state index contributed by atoms with van der Waals surface area (Å²) in [6, 6.07) is 9.08. The molecule has 35 heavy (non-hydrogen) atoms. The molecule has 2 aliphatic rings. The number of likely N-dealkylation sites (tertiary alicyclic amines) is 1. The number of para-hydroxylation sites is 1. The summed E-state index contributed by atoms with van der Waals surface area (Å²) in [7, 11) is 2.13. The minimum Gasteiger partial charge on any atom is -0.355 e. The maximum atomic E-state index is 12.9. The first-order chi connectivity index (χ1) is 17.0. The lowest BCUT2D eigenvalue weighted by Crippen LogP contribution is -2.47. The lowest BCUT2D eigenvalue weighted by atomic mass is 9.93. The highest BCUT2D eigenvalue weighted by Crippen LogP contribution is 2.23. The maximum absolute atomic E-state index is 12.9. The molecule has 0 bridgehead atoms. The van der Waals surface area contributed by atoms with Crippen molar-refractivity contribution in [3.8, 4) is 0 Å². The third kappa shape index (κ3) is 7.30. The van der Waals surface area contributed by atoms with Crippen molar-refractivity contribution >= 4 is 34.7 Å². The highest BCUT2D eigenvalue weighted by atomic mass is 32.1. The Hall–Kier alpha value is -2.89. The second-order valence-corrected chi connectivity index (χ2v) is 10.1. The maximum Gasteiger partial charge on any atom is 0.286 e. The van der Waals surface area contributed by atoms with Gasteiger partial charge >= 0.3 is 0 Å². The van der Waals surface area contributed by atoms with Gasteiger partial charge in [0.1, 0.15) is 0 Å². The summed E-state index contributed by atoms with van der Waals surface area (Å²) < 4.78 is 0. The van der Waals surface area contributed by atoms with Crippen LogP contribution in [0.3, 0.4) is 0 Å². The standard InChI is InChI=1S/C24H33N7O3S/c1-29-13-15-30(16-14-29)12-9-25-20(32)17-18-7-10-31(11-8-18)24(34)23-28-27-22(35-23)21(33)26-19-5-3-2-4-6-19/h2-6,18H,7-17H2,1H3,(H,25,32)(H,26,33). The predicted molar refractivity (Wildman–Crippen MR) is 134 cm³/mol. The van der Waals surface area contributed by atoms with Gasteiger partial charge in [0.05, 0.1) is 0 Å². The number of likely N-dealkylation sites (N-methyl/N-ethyl adjacent to an activating group) is 1. The highest BCUT2D eigenvalue weighted by Gasteiger charge is 2.28. The van der Waals surface area contributed by atoms with Gasteiger partial charge in [-0.2, -0.15) is 0 Å². The van der Waals surface area contributed by atoms with Crippen LogP contribution in [0.4, 0.5) is 5.69 Å². The van der Waals surface area contributed by atoms with E-state index < -0.39 is 0 Å². The Balaban J connectivity index is 1.16. The van der Waals surface area contributed by atoms with Crippen LogP contribution in [0.1, 0.15) is 38.9 Å². The summed E-state index contributed by atoms with van der Waals surface area (Å²) in [5, 5.41) is 14.0. The molecule has 3 heterocycles. The Morgan fingerprint density at radius 1 is 0.971 bits per heavy atom. The van der Waals surface area contributed by atoms with E-state index >= 15 is 0 Å². The molecule has 0 aliphatic carbocycles. The van der Waals surface area contributed by atoms with Crippen molar-refractivity contribution in [2.45, 2.75) is 19.3 Å². The van der Waals surface area contributed by atoms with Gasteiger partial charge in [-0.15, -0.1) is 10.2 Å². The zero-order chi connectivity index (χ0) is 24.6. The van der Waals surface area contributed by atoms with Crippen molar-refractivity contribution in [2.75, 3.05) is 64.7 Å². The number of nitrogens with one attached hydrogen (secondary N) is 2. The molecule has 11 heteroatoms. The number of hydrogen-bond donors (Lipinski definition) is 2. The fraction of sp³-hybridized carbons (Fsp3) is 0.542. The molecule has 0 spiro atoms. The van der Waals surface area contributed by atoms with Crippen molar-refractivity contribution in [1.82, 2.24) is 30.2 Å². The Kier molecular flexibility index (Phi) is 8.78. The van der Waals surface area contributed by atoms with Gasteiger partial charge in [0.2, 0.25) is 15.9 Å². The topological polar surface area (TPSA) is 111 Å². The summed E-state index contributed by atoms with van der Waals surface area (Å²) >= 11 is 0.998. The van der Waals surface area contributed by atoms with Gasteiger partial charge in [0.25, 0.3) is 11.8 Å². The molecule has 0 saturated carbocycles. The molecule has 2 fully saturated rings. The molecule has 4 rings (SSSR count). The molecule has 3 amide bonds. The molecule has 2 aliphatic heterocycles.